The number of hydrogen-bond donors (Lipinski definition) is 3. The van der Waals surface area contributed by atoms with Gasteiger partial charge in [-0.05, 0) is 37.0 Å². The molecule has 1 unspecified atom stereocenters. The van der Waals surface area contributed by atoms with Gasteiger partial charge >= 0.3 is 12.0 Å². The van der Waals surface area contributed by atoms with Gasteiger partial charge in [0.05, 0.1) is 5.69 Å². The molecule has 0 aliphatic rings. The standard InChI is InChI=1S/C13H19N3O3S/c1-3-20-8-6-9(2)15-13(19)16-10-5-4-7-14-11(10)12(17)18/h4-5,7,9H,3,6,8H2,1-2H3,(H,17,18)(H2,15,16,19). The van der Waals surface area contributed by atoms with E-state index in [1.807, 2.05) is 18.7 Å². The second-order valence-corrected chi connectivity index (χ2v) is 5.58. The van der Waals surface area contributed by atoms with Crippen LogP contribution in [0, 0.1) is 0 Å². The molecule has 0 radical (unpaired) electrons. The van der Waals surface area contributed by atoms with E-state index >= 15 is 0 Å². The highest BCUT2D eigenvalue weighted by atomic mass is 32.2. The quantitative estimate of drug-likeness (QED) is 0.672. The highest BCUT2D eigenvalue weighted by Crippen LogP contribution is 2.12. The highest BCUT2D eigenvalue weighted by molar-refractivity contribution is 7.99. The molecule has 110 valence electrons. The third kappa shape index (κ3) is 5.48. The Morgan fingerprint density at radius 2 is 2.25 bits per heavy atom. The zero-order valence-corrected chi connectivity index (χ0v) is 12.4. The Labute approximate surface area is 122 Å². The Morgan fingerprint density at radius 1 is 1.50 bits per heavy atom. The summed E-state index contributed by atoms with van der Waals surface area (Å²) in [6.45, 7) is 4.00. The van der Waals surface area contributed by atoms with Crippen LogP contribution in [0.2, 0.25) is 0 Å². The molecule has 0 aliphatic heterocycles. The number of amides is 2. The number of nitrogens with one attached hydrogen (secondary N) is 2. The van der Waals surface area contributed by atoms with Crippen LogP contribution in [0.5, 0.6) is 0 Å². The number of hydrogen-bond acceptors (Lipinski definition) is 4. The minimum absolute atomic E-state index is 0.0269. The summed E-state index contributed by atoms with van der Waals surface area (Å²) in [5.74, 6) is 0.857. The first-order chi connectivity index (χ1) is 9.54. The predicted molar refractivity (Wildman–Crippen MR) is 80.4 cm³/mol. The fourth-order valence-electron chi connectivity index (χ4n) is 1.54. The van der Waals surface area contributed by atoms with E-state index in [2.05, 4.69) is 22.5 Å². The number of aromatic nitrogens is 1. The van der Waals surface area contributed by atoms with Gasteiger partial charge in [0, 0.05) is 12.2 Å². The van der Waals surface area contributed by atoms with Crippen molar-refractivity contribution in [3.63, 3.8) is 0 Å². The van der Waals surface area contributed by atoms with Crippen molar-refractivity contribution in [1.29, 1.82) is 0 Å². The number of aromatic carboxylic acids is 1. The fourth-order valence-corrected chi connectivity index (χ4v) is 2.34. The summed E-state index contributed by atoms with van der Waals surface area (Å²) in [4.78, 5) is 26.5. The third-order valence-corrected chi connectivity index (χ3v) is 3.47. The van der Waals surface area contributed by atoms with Gasteiger partial charge in [-0.25, -0.2) is 14.6 Å². The summed E-state index contributed by atoms with van der Waals surface area (Å²) < 4.78 is 0. The van der Waals surface area contributed by atoms with Gasteiger partial charge in [-0.15, -0.1) is 0 Å². The molecule has 0 bridgehead atoms. The monoisotopic (exact) mass is 297 g/mol. The second-order valence-electron chi connectivity index (χ2n) is 4.19. The first-order valence-corrected chi connectivity index (χ1v) is 7.53. The highest BCUT2D eigenvalue weighted by Gasteiger charge is 2.14. The van der Waals surface area contributed by atoms with Gasteiger partial charge in [-0.2, -0.15) is 11.8 Å². The zero-order chi connectivity index (χ0) is 15.0. The lowest BCUT2D eigenvalue weighted by molar-refractivity contribution is 0.0692. The normalized spacial score (nSPS) is 11.7. The second kappa shape index (κ2) is 8.42. The van der Waals surface area contributed by atoms with Crippen molar-refractivity contribution < 1.29 is 14.7 Å². The Hall–Kier alpha value is -1.76. The summed E-state index contributed by atoms with van der Waals surface area (Å²) in [5.41, 5.74) is 0.0180. The van der Waals surface area contributed by atoms with Crippen LogP contribution in [0.15, 0.2) is 18.3 Å². The first kappa shape index (κ1) is 16.3. The molecule has 0 aliphatic carbocycles. The van der Waals surface area contributed by atoms with E-state index in [0.29, 0.717) is 0 Å². The molecule has 0 saturated heterocycles. The minimum atomic E-state index is -1.17. The molecule has 1 heterocycles. The predicted octanol–water partition coefficient (Wildman–Crippen LogP) is 2.43. The molecule has 0 fully saturated rings. The lowest BCUT2D eigenvalue weighted by Crippen LogP contribution is -2.36. The van der Waals surface area contributed by atoms with Crippen LogP contribution >= 0.6 is 11.8 Å². The molecule has 6 nitrogen and oxygen atoms in total. The number of carboxylic acids is 1. The number of carbonyl (C=O) groups is 2. The molecule has 2 amide bonds. The maximum atomic E-state index is 11.8. The van der Waals surface area contributed by atoms with Gasteiger partial charge in [-0.3, -0.25) is 0 Å². The molecule has 0 aromatic carbocycles. The molecule has 3 N–H and O–H groups in total. The van der Waals surface area contributed by atoms with Gasteiger partial charge in [0.15, 0.2) is 5.69 Å². The molecule has 0 spiro atoms. The molecule has 1 rings (SSSR count). The van der Waals surface area contributed by atoms with Crippen LogP contribution in [0.4, 0.5) is 10.5 Å². The van der Waals surface area contributed by atoms with Gasteiger partial charge in [-0.1, -0.05) is 6.92 Å². The van der Waals surface area contributed by atoms with E-state index < -0.39 is 12.0 Å². The number of thioether (sulfide) groups is 1. The SMILES string of the molecule is CCSCCC(C)NC(=O)Nc1cccnc1C(=O)O. The van der Waals surface area contributed by atoms with Crippen molar-refractivity contribution in [3.8, 4) is 0 Å². The van der Waals surface area contributed by atoms with Crippen molar-refractivity contribution in [2.45, 2.75) is 26.3 Å². The van der Waals surface area contributed by atoms with Crippen LogP contribution in [-0.2, 0) is 0 Å². The van der Waals surface area contributed by atoms with Crippen molar-refractivity contribution >= 4 is 29.4 Å². The fraction of sp³-hybridized carbons (Fsp3) is 0.462. The van der Waals surface area contributed by atoms with E-state index in [1.165, 1.54) is 12.3 Å². The Kier molecular flexibility index (Phi) is 6.86. The van der Waals surface area contributed by atoms with E-state index in [9.17, 15) is 9.59 Å². The Balaban J connectivity index is 2.52. The zero-order valence-electron chi connectivity index (χ0n) is 11.5. The number of rotatable bonds is 7. The van der Waals surface area contributed by atoms with E-state index in [4.69, 9.17) is 5.11 Å². The summed E-state index contributed by atoms with van der Waals surface area (Å²) in [6.07, 6.45) is 2.24. The average molecular weight is 297 g/mol. The summed E-state index contributed by atoms with van der Waals surface area (Å²) in [7, 11) is 0. The average Bonchev–Trinajstić information content (AvgIpc) is 2.39. The van der Waals surface area contributed by atoms with Crippen LogP contribution in [0.1, 0.15) is 30.8 Å². The van der Waals surface area contributed by atoms with Crippen LogP contribution in [0.25, 0.3) is 0 Å². The summed E-state index contributed by atoms with van der Waals surface area (Å²) in [6, 6.07) is 2.69. The molecule has 20 heavy (non-hydrogen) atoms. The minimum Gasteiger partial charge on any atom is -0.476 e. The van der Waals surface area contributed by atoms with Crippen molar-refractivity contribution in [2.75, 3.05) is 16.8 Å². The molecule has 1 aromatic rings. The number of urea groups is 1. The van der Waals surface area contributed by atoms with E-state index in [1.54, 1.807) is 6.07 Å². The molecule has 1 aromatic heterocycles. The number of carbonyl (C=O) groups excluding carboxylic acids is 1. The van der Waals surface area contributed by atoms with Crippen molar-refractivity contribution in [2.24, 2.45) is 0 Å². The molecular weight excluding hydrogens is 278 g/mol. The largest absolute Gasteiger partial charge is 0.476 e. The van der Waals surface area contributed by atoms with Gasteiger partial charge < -0.3 is 15.7 Å². The van der Waals surface area contributed by atoms with Crippen molar-refractivity contribution in [3.05, 3.63) is 24.0 Å². The van der Waals surface area contributed by atoms with Gasteiger partial charge in [0.2, 0.25) is 0 Å². The van der Waals surface area contributed by atoms with Gasteiger partial charge in [0.25, 0.3) is 0 Å². The molecular formula is C13H19N3O3S. The number of carboxylic acid groups (broad SMARTS) is 1. The van der Waals surface area contributed by atoms with Crippen LogP contribution in [0.3, 0.4) is 0 Å². The lowest BCUT2D eigenvalue weighted by atomic mass is 10.2. The number of anilines is 1. The van der Waals surface area contributed by atoms with Gasteiger partial charge in [0.1, 0.15) is 0 Å². The van der Waals surface area contributed by atoms with E-state index in [0.717, 1.165) is 17.9 Å². The summed E-state index contributed by atoms with van der Waals surface area (Å²) in [5, 5.41) is 14.2. The summed E-state index contributed by atoms with van der Waals surface area (Å²) >= 11 is 1.81. The topological polar surface area (TPSA) is 91.3 Å². The van der Waals surface area contributed by atoms with E-state index in [-0.39, 0.29) is 17.4 Å². The van der Waals surface area contributed by atoms with Crippen LogP contribution in [-0.4, -0.2) is 39.6 Å². The molecule has 0 saturated carbocycles. The lowest BCUT2D eigenvalue weighted by Gasteiger charge is -2.14. The number of pyridine rings is 1. The molecule has 1 atom stereocenters. The van der Waals surface area contributed by atoms with Crippen molar-refractivity contribution in [1.82, 2.24) is 10.3 Å². The third-order valence-electron chi connectivity index (χ3n) is 2.54. The smallest absolute Gasteiger partial charge is 0.356 e. The Morgan fingerprint density at radius 3 is 2.90 bits per heavy atom. The maximum Gasteiger partial charge on any atom is 0.356 e. The van der Waals surface area contributed by atoms with Crippen LogP contribution < -0.4 is 10.6 Å². The maximum absolute atomic E-state index is 11.8. The number of nitrogens with zero attached hydrogens (tertiary/aromatic N) is 1. The first-order valence-electron chi connectivity index (χ1n) is 6.38. The Bertz CT molecular complexity index is 468. The molecule has 7 heteroatoms.